The fourth-order valence-corrected chi connectivity index (χ4v) is 3.10. The zero-order valence-corrected chi connectivity index (χ0v) is 13.7. The van der Waals surface area contributed by atoms with E-state index in [1.807, 2.05) is 19.0 Å². The van der Waals surface area contributed by atoms with E-state index in [1.54, 1.807) is 0 Å². The minimum atomic E-state index is -4.67. The van der Waals surface area contributed by atoms with Crippen molar-refractivity contribution in [1.82, 2.24) is 4.90 Å². The summed E-state index contributed by atoms with van der Waals surface area (Å²) in [5.41, 5.74) is -1.17. The Kier molecular flexibility index (Phi) is 4.93. The van der Waals surface area contributed by atoms with Gasteiger partial charge in [0, 0.05) is 18.3 Å². The van der Waals surface area contributed by atoms with E-state index in [-0.39, 0.29) is 11.7 Å². The second kappa shape index (κ2) is 6.29. The summed E-state index contributed by atoms with van der Waals surface area (Å²) in [5, 5.41) is 7.71. The first-order valence-electron chi connectivity index (χ1n) is 7.14. The van der Waals surface area contributed by atoms with Crippen LogP contribution in [0.25, 0.3) is 0 Å². The largest absolute Gasteiger partial charge is 0.418 e. The first-order valence-corrected chi connectivity index (χ1v) is 8.69. The topological polar surface area (TPSA) is 75.4 Å². The maximum Gasteiger partial charge on any atom is 0.418 e. The molecule has 0 radical (unpaired) electrons. The first kappa shape index (κ1) is 18.0. The molecule has 0 heterocycles. The van der Waals surface area contributed by atoms with Crippen molar-refractivity contribution in [2.45, 2.75) is 30.0 Å². The van der Waals surface area contributed by atoms with Gasteiger partial charge in [-0.2, -0.15) is 13.2 Å². The molecule has 1 atom stereocenters. The van der Waals surface area contributed by atoms with Gasteiger partial charge in [0.05, 0.1) is 10.5 Å². The summed E-state index contributed by atoms with van der Waals surface area (Å²) >= 11 is 0. The molecule has 0 aromatic heterocycles. The molecule has 1 saturated carbocycles. The van der Waals surface area contributed by atoms with Crippen molar-refractivity contribution in [2.75, 3.05) is 26.0 Å². The van der Waals surface area contributed by atoms with Gasteiger partial charge in [0.1, 0.15) is 0 Å². The lowest BCUT2D eigenvalue weighted by atomic mass is 10.1. The molecule has 1 unspecified atom stereocenters. The van der Waals surface area contributed by atoms with Gasteiger partial charge in [-0.1, -0.05) is 0 Å². The molecular weight excluding hydrogens is 331 g/mol. The van der Waals surface area contributed by atoms with Gasteiger partial charge in [0.2, 0.25) is 10.0 Å². The molecule has 0 amide bonds. The van der Waals surface area contributed by atoms with Crippen molar-refractivity contribution < 1.29 is 21.6 Å². The van der Waals surface area contributed by atoms with Gasteiger partial charge in [-0.15, -0.1) is 0 Å². The predicted octanol–water partition coefficient (Wildman–Crippen LogP) is 2.10. The number of rotatable bonds is 6. The molecule has 23 heavy (non-hydrogen) atoms. The van der Waals surface area contributed by atoms with E-state index in [1.165, 1.54) is 0 Å². The average Bonchev–Trinajstić information content (AvgIpc) is 3.21. The number of anilines is 1. The van der Waals surface area contributed by atoms with Crippen LogP contribution in [0.5, 0.6) is 0 Å². The monoisotopic (exact) mass is 351 g/mol. The van der Waals surface area contributed by atoms with Crippen molar-refractivity contribution in [3.63, 3.8) is 0 Å². The molecule has 1 aromatic carbocycles. The molecule has 1 aliphatic carbocycles. The normalized spacial score (nSPS) is 17.3. The number of likely N-dealkylation sites (N-methyl/N-ethyl adjacent to an activating group) is 1. The van der Waals surface area contributed by atoms with Crippen LogP contribution in [0.15, 0.2) is 23.1 Å². The van der Waals surface area contributed by atoms with Crippen LogP contribution < -0.4 is 10.5 Å². The highest BCUT2D eigenvalue weighted by molar-refractivity contribution is 7.89. The zero-order chi connectivity index (χ0) is 17.4. The lowest BCUT2D eigenvalue weighted by molar-refractivity contribution is -0.137. The number of nitrogens with two attached hydrogens (primary N) is 1. The molecule has 0 spiro atoms. The molecule has 9 heteroatoms. The Morgan fingerprint density at radius 3 is 2.39 bits per heavy atom. The lowest BCUT2D eigenvalue weighted by Crippen LogP contribution is -2.36. The van der Waals surface area contributed by atoms with Crippen LogP contribution in [-0.4, -0.2) is 40.0 Å². The lowest BCUT2D eigenvalue weighted by Gasteiger charge is -2.26. The van der Waals surface area contributed by atoms with Gasteiger partial charge >= 0.3 is 6.18 Å². The molecule has 0 saturated heterocycles. The molecule has 3 N–H and O–H groups in total. The van der Waals surface area contributed by atoms with Crippen LogP contribution in [-0.2, 0) is 16.2 Å². The van der Waals surface area contributed by atoms with Gasteiger partial charge in [-0.05, 0) is 51.1 Å². The fraction of sp³-hybridized carbons (Fsp3) is 0.571. The van der Waals surface area contributed by atoms with Crippen LogP contribution in [0.4, 0.5) is 18.9 Å². The number of nitrogens with zero attached hydrogens (tertiary/aromatic N) is 1. The Morgan fingerprint density at radius 1 is 1.35 bits per heavy atom. The predicted molar refractivity (Wildman–Crippen MR) is 81.5 cm³/mol. The standard InChI is InChI=1S/C14H20F3N3O2S/c1-20(2)13(9-3-4-9)8-19-12-6-5-10(23(18,21)22)7-11(12)14(15,16)17/h5-7,9,13,19H,3-4,8H2,1-2H3,(H2,18,21,22). The Bertz CT molecular complexity index is 668. The SMILES string of the molecule is CN(C)C(CNc1ccc(S(N)(=O)=O)cc1C(F)(F)F)C1CC1. The number of primary sulfonamides is 1. The number of halogens is 3. The Hall–Kier alpha value is -1.32. The number of sulfonamides is 1. The molecule has 0 bridgehead atoms. The van der Waals surface area contributed by atoms with Crippen LogP contribution >= 0.6 is 0 Å². The van der Waals surface area contributed by atoms with Crippen molar-refractivity contribution >= 4 is 15.7 Å². The summed E-state index contributed by atoms with van der Waals surface area (Å²) in [4.78, 5) is 1.43. The quantitative estimate of drug-likeness (QED) is 0.823. The van der Waals surface area contributed by atoms with E-state index in [4.69, 9.17) is 5.14 Å². The molecular formula is C14H20F3N3O2S. The highest BCUT2D eigenvalue weighted by Crippen LogP contribution is 2.38. The van der Waals surface area contributed by atoms with Gasteiger partial charge in [-0.25, -0.2) is 13.6 Å². The molecule has 0 aliphatic heterocycles. The van der Waals surface area contributed by atoms with Crippen molar-refractivity contribution in [2.24, 2.45) is 11.1 Å². The second-order valence-corrected chi connectivity index (χ2v) is 7.56. The van der Waals surface area contributed by atoms with E-state index in [0.29, 0.717) is 18.5 Å². The molecule has 2 rings (SSSR count). The first-order chi connectivity index (χ1) is 10.5. The van der Waals surface area contributed by atoms with Crippen molar-refractivity contribution in [1.29, 1.82) is 0 Å². The minimum absolute atomic E-state index is 0.133. The third-order valence-electron chi connectivity index (χ3n) is 3.96. The van der Waals surface area contributed by atoms with E-state index in [2.05, 4.69) is 5.32 Å². The summed E-state index contributed by atoms with van der Waals surface area (Å²) in [6, 6.07) is 2.89. The van der Waals surface area contributed by atoms with Gasteiger partial charge in [-0.3, -0.25) is 0 Å². The van der Waals surface area contributed by atoms with Crippen LogP contribution in [0.3, 0.4) is 0 Å². The third kappa shape index (κ3) is 4.58. The highest BCUT2D eigenvalue weighted by atomic mass is 32.2. The molecule has 1 aromatic rings. The van der Waals surface area contributed by atoms with E-state index in [0.717, 1.165) is 25.0 Å². The van der Waals surface area contributed by atoms with Crippen molar-refractivity contribution in [3.05, 3.63) is 23.8 Å². The van der Waals surface area contributed by atoms with Crippen LogP contribution in [0.1, 0.15) is 18.4 Å². The Morgan fingerprint density at radius 2 is 1.96 bits per heavy atom. The summed E-state index contributed by atoms with van der Waals surface area (Å²) in [6.07, 6.45) is -2.53. The minimum Gasteiger partial charge on any atom is -0.383 e. The fourth-order valence-electron chi connectivity index (χ4n) is 2.56. The summed E-state index contributed by atoms with van der Waals surface area (Å²) in [5.74, 6) is 0.482. The maximum absolute atomic E-state index is 13.2. The second-order valence-electron chi connectivity index (χ2n) is 6.00. The summed E-state index contributed by atoms with van der Waals surface area (Å²) < 4.78 is 62.1. The molecule has 130 valence electrons. The maximum atomic E-state index is 13.2. The number of alkyl halides is 3. The van der Waals surface area contributed by atoms with E-state index < -0.39 is 26.7 Å². The summed E-state index contributed by atoms with van der Waals surface area (Å²) in [6.45, 7) is 0.357. The highest BCUT2D eigenvalue weighted by Gasteiger charge is 2.36. The number of nitrogens with one attached hydrogen (secondary N) is 1. The van der Waals surface area contributed by atoms with E-state index >= 15 is 0 Å². The average molecular weight is 351 g/mol. The van der Waals surface area contributed by atoms with Crippen LogP contribution in [0, 0.1) is 5.92 Å². The Labute approximate surface area is 133 Å². The zero-order valence-electron chi connectivity index (χ0n) is 12.9. The molecule has 5 nitrogen and oxygen atoms in total. The number of benzene rings is 1. The third-order valence-corrected chi connectivity index (χ3v) is 4.87. The Balaban J connectivity index is 2.27. The smallest absolute Gasteiger partial charge is 0.383 e. The molecule has 1 fully saturated rings. The van der Waals surface area contributed by atoms with Gasteiger partial charge < -0.3 is 10.2 Å². The number of hydrogen-bond donors (Lipinski definition) is 2. The summed E-state index contributed by atoms with van der Waals surface area (Å²) in [7, 11) is -0.410. The van der Waals surface area contributed by atoms with Gasteiger partial charge in [0.15, 0.2) is 0 Å². The molecule has 1 aliphatic rings. The van der Waals surface area contributed by atoms with Crippen molar-refractivity contribution in [3.8, 4) is 0 Å². The van der Waals surface area contributed by atoms with Gasteiger partial charge in [0.25, 0.3) is 0 Å². The van der Waals surface area contributed by atoms with E-state index in [9.17, 15) is 21.6 Å². The van der Waals surface area contributed by atoms with Crippen LogP contribution in [0.2, 0.25) is 0 Å². The number of hydrogen-bond acceptors (Lipinski definition) is 4.